The summed E-state index contributed by atoms with van der Waals surface area (Å²) < 4.78 is 0. The van der Waals surface area contributed by atoms with Crippen LogP contribution in [-0.2, 0) is 0 Å². The molecule has 1 N–H and O–H groups in total. The Bertz CT molecular complexity index is 942. The third-order valence-corrected chi connectivity index (χ3v) is 4.93. The maximum atomic E-state index is 12.7. The first kappa shape index (κ1) is 18.2. The van der Waals surface area contributed by atoms with E-state index in [1.54, 1.807) is 24.5 Å². The minimum Gasteiger partial charge on any atom is -0.352 e. The first-order chi connectivity index (χ1) is 13.7. The number of carbonyl (C=O) groups is 1. The Morgan fingerprint density at radius 3 is 2.36 bits per heavy atom. The number of hydrogen-bond donors (Lipinski definition) is 1. The van der Waals surface area contributed by atoms with Crippen molar-refractivity contribution < 1.29 is 4.79 Å². The quantitative estimate of drug-likeness (QED) is 0.732. The molecule has 28 heavy (non-hydrogen) atoms. The van der Waals surface area contributed by atoms with Crippen LogP contribution in [0.2, 0.25) is 5.02 Å². The van der Waals surface area contributed by atoms with E-state index < -0.39 is 0 Å². The highest BCUT2D eigenvalue weighted by Crippen LogP contribution is 2.20. The average molecular weight is 395 g/mol. The molecule has 0 radical (unpaired) electrons. The van der Waals surface area contributed by atoms with E-state index in [0.29, 0.717) is 42.6 Å². The zero-order valence-corrected chi connectivity index (χ0v) is 15.9. The normalized spacial score (nSPS) is 14.0. The van der Waals surface area contributed by atoms with Crippen molar-refractivity contribution in [2.45, 2.75) is 0 Å². The molecule has 0 atom stereocenters. The molecule has 0 unspecified atom stereocenters. The number of pyridine rings is 1. The Labute approximate surface area is 168 Å². The summed E-state index contributed by atoms with van der Waals surface area (Å²) in [5.41, 5.74) is 1.45. The summed E-state index contributed by atoms with van der Waals surface area (Å²) in [7, 11) is 0. The molecule has 2 aromatic heterocycles. The molecule has 3 heterocycles. The number of amides is 1. The highest BCUT2D eigenvalue weighted by Gasteiger charge is 2.24. The number of anilines is 3. The number of nitrogens with one attached hydrogen (secondary N) is 1. The Hall–Kier alpha value is -3.19. The molecule has 142 valence electrons. The maximum Gasteiger partial charge on any atom is 0.255 e. The zero-order valence-electron chi connectivity index (χ0n) is 15.1. The zero-order chi connectivity index (χ0) is 19.3. The van der Waals surface area contributed by atoms with Crippen LogP contribution in [0, 0.1) is 0 Å². The van der Waals surface area contributed by atoms with Crippen molar-refractivity contribution in [3.63, 3.8) is 0 Å². The van der Waals surface area contributed by atoms with E-state index in [9.17, 15) is 4.79 Å². The van der Waals surface area contributed by atoms with Gasteiger partial charge in [0.05, 0.1) is 10.6 Å². The van der Waals surface area contributed by atoms with Crippen LogP contribution in [0.15, 0.2) is 60.9 Å². The predicted molar refractivity (Wildman–Crippen MR) is 109 cm³/mol. The smallest absolute Gasteiger partial charge is 0.255 e. The van der Waals surface area contributed by atoms with Gasteiger partial charge in [-0.3, -0.25) is 9.78 Å². The van der Waals surface area contributed by atoms with E-state index in [4.69, 9.17) is 11.6 Å². The molecular weight excluding hydrogens is 376 g/mol. The van der Waals surface area contributed by atoms with E-state index in [2.05, 4.69) is 25.4 Å². The van der Waals surface area contributed by atoms with Crippen molar-refractivity contribution in [1.82, 2.24) is 20.1 Å². The second-order valence-electron chi connectivity index (χ2n) is 6.40. The molecule has 0 bridgehead atoms. The van der Waals surface area contributed by atoms with Gasteiger partial charge in [0, 0.05) is 44.3 Å². The number of piperazine rings is 1. The third-order valence-electron chi connectivity index (χ3n) is 4.60. The highest BCUT2D eigenvalue weighted by molar-refractivity contribution is 6.33. The molecule has 1 aliphatic rings. The third kappa shape index (κ3) is 4.04. The van der Waals surface area contributed by atoms with E-state index in [-0.39, 0.29) is 5.91 Å². The Morgan fingerprint density at radius 2 is 1.68 bits per heavy atom. The summed E-state index contributed by atoms with van der Waals surface area (Å²) in [6.45, 7) is 2.62. The molecule has 0 aliphatic carbocycles. The van der Waals surface area contributed by atoms with Crippen molar-refractivity contribution in [3.8, 4) is 0 Å². The summed E-state index contributed by atoms with van der Waals surface area (Å²) in [6, 6.07) is 14.7. The molecule has 0 spiro atoms. The number of nitrogens with zero attached hydrogens (tertiary/aromatic N) is 5. The van der Waals surface area contributed by atoms with Gasteiger partial charge in [0.2, 0.25) is 0 Å². The molecule has 8 heteroatoms. The van der Waals surface area contributed by atoms with Crippen LogP contribution >= 0.6 is 11.6 Å². The van der Waals surface area contributed by atoms with Gasteiger partial charge in [-0.1, -0.05) is 23.7 Å². The van der Waals surface area contributed by atoms with Crippen LogP contribution in [0.25, 0.3) is 0 Å². The minimum atomic E-state index is -0.0340. The first-order valence-electron chi connectivity index (χ1n) is 9.00. The number of rotatable bonds is 4. The minimum absolute atomic E-state index is 0.0340. The van der Waals surface area contributed by atoms with Gasteiger partial charge in [0.1, 0.15) is 0 Å². The van der Waals surface area contributed by atoms with E-state index in [1.165, 1.54) is 0 Å². The van der Waals surface area contributed by atoms with Crippen molar-refractivity contribution in [3.05, 3.63) is 71.5 Å². The van der Waals surface area contributed by atoms with Gasteiger partial charge in [-0.05, 0) is 36.4 Å². The summed E-state index contributed by atoms with van der Waals surface area (Å²) in [4.78, 5) is 20.6. The number of hydrogen-bond acceptors (Lipinski definition) is 6. The van der Waals surface area contributed by atoms with Gasteiger partial charge in [-0.15, -0.1) is 10.2 Å². The number of halogens is 1. The number of aromatic nitrogens is 3. The van der Waals surface area contributed by atoms with Gasteiger partial charge in [0.15, 0.2) is 11.6 Å². The van der Waals surface area contributed by atoms with Crippen molar-refractivity contribution in [2.75, 3.05) is 36.4 Å². The molecule has 7 nitrogen and oxygen atoms in total. The number of benzene rings is 1. The molecular formula is C20H19ClN6O. The lowest BCUT2D eigenvalue weighted by molar-refractivity contribution is 0.0746. The Kier molecular flexibility index (Phi) is 5.34. The largest absolute Gasteiger partial charge is 0.352 e. The van der Waals surface area contributed by atoms with Crippen LogP contribution in [-0.4, -0.2) is 52.2 Å². The van der Waals surface area contributed by atoms with Crippen LogP contribution in [0.3, 0.4) is 0 Å². The van der Waals surface area contributed by atoms with Crippen molar-refractivity contribution in [1.29, 1.82) is 0 Å². The molecule has 1 amide bonds. The summed E-state index contributed by atoms with van der Waals surface area (Å²) in [6.07, 6.45) is 3.43. The SMILES string of the molecule is O=C(c1ccccc1Cl)N1CCN(c2ccc(Nc3ccncc3)nn2)CC1. The summed E-state index contributed by atoms with van der Waals surface area (Å²) >= 11 is 6.15. The fourth-order valence-electron chi connectivity index (χ4n) is 3.09. The van der Waals surface area contributed by atoms with Gasteiger partial charge < -0.3 is 15.1 Å². The fourth-order valence-corrected chi connectivity index (χ4v) is 3.30. The van der Waals surface area contributed by atoms with Crippen LogP contribution in [0.4, 0.5) is 17.3 Å². The first-order valence-corrected chi connectivity index (χ1v) is 9.38. The highest BCUT2D eigenvalue weighted by atomic mass is 35.5. The molecule has 1 saturated heterocycles. The fraction of sp³-hybridized carbons (Fsp3) is 0.200. The van der Waals surface area contributed by atoms with Crippen LogP contribution in [0.5, 0.6) is 0 Å². The summed E-state index contributed by atoms with van der Waals surface area (Å²) in [5, 5.41) is 12.2. The average Bonchev–Trinajstić information content (AvgIpc) is 2.75. The second kappa shape index (κ2) is 8.22. The standard InChI is InChI=1S/C20H19ClN6O/c21-17-4-2-1-3-16(17)20(28)27-13-11-26(12-14-27)19-6-5-18(24-25-19)23-15-7-9-22-10-8-15/h1-10H,11-14H2,(H,22,23,24). The molecule has 1 aromatic carbocycles. The predicted octanol–water partition coefficient (Wildman–Crippen LogP) is 3.23. The van der Waals surface area contributed by atoms with Crippen molar-refractivity contribution >= 4 is 34.8 Å². The molecule has 3 aromatic rings. The van der Waals surface area contributed by atoms with Crippen molar-refractivity contribution in [2.24, 2.45) is 0 Å². The second-order valence-corrected chi connectivity index (χ2v) is 6.80. The van der Waals surface area contributed by atoms with E-state index in [1.807, 2.05) is 41.3 Å². The van der Waals surface area contributed by atoms with E-state index in [0.717, 1.165) is 11.5 Å². The van der Waals surface area contributed by atoms with E-state index >= 15 is 0 Å². The molecule has 0 saturated carbocycles. The van der Waals surface area contributed by atoms with Gasteiger partial charge in [-0.2, -0.15) is 0 Å². The monoisotopic (exact) mass is 394 g/mol. The van der Waals surface area contributed by atoms with Gasteiger partial charge in [0.25, 0.3) is 5.91 Å². The Morgan fingerprint density at radius 1 is 0.929 bits per heavy atom. The van der Waals surface area contributed by atoms with Crippen LogP contribution < -0.4 is 10.2 Å². The lowest BCUT2D eigenvalue weighted by Crippen LogP contribution is -2.49. The van der Waals surface area contributed by atoms with Crippen LogP contribution in [0.1, 0.15) is 10.4 Å². The molecule has 4 rings (SSSR count). The van der Waals surface area contributed by atoms with Gasteiger partial charge >= 0.3 is 0 Å². The lowest BCUT2D eigenvalue weighted by Gasteiger charge is -2.35. The maximum absolute atomic E-state index is 12.7. The molecule has 1 fully saturated rings. The van der Waals surface area contributed by atoms with Gasteiger partial charge in [-0.25, -0.2) is 0 Å². The molecule has 1 aliphatic heterocycles. The summed E-state index contributed by atoms with van der Waals surface area (Å²) in [5.74, 6) is 1.43. The number of carbonyl (C=O) groups excluding carboxylic acids is 1. The Balaban J connectivity index is 1.36. The topological polar surface area (TPSA) is 74.2 Å². The lowest BCUT2D eigenvalue weighted by atomic mass is 10.2.